The summed E-state index contributed by atoms with van der Waals surface area (Å²) in [6.45, 7) is 2.27. The minimum absolute atomic E-state index is 0.407. The lowest BCUT2D eigenvalue weighted by atomic mass is 9.96. The van der Waals surface area contributed by atoms with Crippen molar-refractivity contribution < 1.29 is 4.79 Å². The van der Waals surface area contributed by atoms with E-state index < -0.39 is 5.91 Å². The van der Waals surface area contributed by atoms with Gasteiger partial charge in [0.25, 0.3) is 5.91 Å². The van der Waals surface area contributed by atoms with Crippen LogP contribution in [-0.4, -0.2) is 11.9 Å². The molecule has 2 rings (SSSR count). The minimum Gasteiger partial charge on any atom is -0.399 e. The van der Waals surface area contributed by atoms with E-state index in [1.165, 1.54) is 25.7 Å². The molecule has 1 amide bonds. The molecule has 1 aliphatic carbocycles. The molecule has 19 heavy (non-hydrogen) atoms. The lowest BCUT2D eigenvalue weighted by Crippen LogP contribution is -2.28. The number of nitrogens with one attached hydrogen (secondary N) is 1. The molecule has 104 valence electrons. The molecule has 0 saturated heterocycles. The maximum Gasteiger partial charge on any atom is 0.250 e. The van der Waals surface area contributed by atoms with Crippen LogP contribution >= 0.6 is 0 Å². The first kappa shape index (κ1) is 13.7. The van der Waals surface area contributed by atoms with E-state index in [9.17, 15) is 4.79 Å². The van der Waals surface area contributed by atoms with Crippen LogP contribution in [0.3, 0.4) is 0 Å². The topological polar surface area (TPSA) is 81.1 Å². The predicted octanol–water partition coefficient (Wildman–Crippen LogP) is 2.75. The molecule has 0 aromatic heterocycles. The van der Waals surface area contributed by atoms with Crippen LogP contribution in [0, 0.1) is 5.92 Å². The van der Waals surface area contributed by atoms with Gasteiger partial charge in [0.05, 0.1) is 5.56 Å². The van der Waals surface area contributed by atoms with Gasteiger partial charge in [-0.15, -0.1) is 0 Å². The van der Waals surface area contributed by atoms with Crippen LogP contribution in [0.2, 0.25) is 0 Å². The maximum atomic E-state index is 11.5. The standard InChI is InChI=1S/C15H23N3O/c1-10-5-3-2-4-6-13(10)18-14-8-7-11(16)9-12(14)15(17)19/h7-10,13,18H,2-6,16H2,1H3,(H2,17,19). The van der Waals surface area contributed by atoms with Gasteiger partial charge in [-0.05, 0) is 37.0 Å². The smallest absolute Gasteiger partial charge is 0.250 e. The van der Waals surface area contributed by atoms with Crippen molar-refractivity contribution in [2.24, 2.45) is 11.7 Å². The third-order valence-electron chi connectivity index (χ3n) is 4.01. The molecule has 0 heterocycles. The Morgan fingerprint density at radius 2 is 2.00 bits per heavy atom. The quantitative estimate of drug-likeness (QED) is 0.578. The van der Waals surface area contributed by atoms with E-state index in [0.29, 0.717) is 23.2 Å². The largest absolute Gasteiger partial charge is 0.399 e. The lowest BCUT2D eigenvalue weighted by molar-refractivity contribution is 0.100. The van der Waals surface area contributed by atoms with E-state index in [0.717, 1.165) is 12.1 Å². The van der Waals surface area contributed by atoms with Gasteiger partial charge in [-0.3, -0.25) is 4.79 Å². The molecule has 1 aromatic carbocycles. The van der Waals surface area contributed by atoms with E-state index in [4.69, 9.17) is 11.5 Å². The first-order valence-corrected chi connectivity index (χ1v) is 7.04. The summed E-state index contributed by atoms with van der Waals surface area (Å²) in [6, 6.07) is 5.71. The maximum absolute atomic E-state index is 11.5. The summed E-state index contributed by atoms with van der Waals surface area (Å²) < 4.78 is 0. The van der Waals surface area contributed by atoms with Crippen LogP contribution in [0.1, 0.15) is 49.4 Å². The van der Waals surface area contributed by atoms with Gasteiger partial charge in [-0.25, -0.2) is 0 Å². The van der Waals surface area contributed by atoms with Gasteiger partial charge >= 0.3 is 0 Å². The van der Waals surface area contributed by atoms with Crippen molar-refractivity contribution in [3.05, 3.63) is 23.8 Å². The average molecular weight is 261 g/mol. The summed E-state index contributed by atoms with van der Waals surface area (Å²) in [6.07, 6.45) is 6.21. The van der Waals surface area contributed by atoms with Gasteiger partial charge in [-0.2, -0.15) is 0 Å². The molecule has 1 fully saturated rings. The fourth-order valence-electron chi connectivity index (χ4n) is 2.80. The van der Waals surface area contributed by atoms with Gasteiger partial charge in [0.15, 0.2) is 0 Å². The van der Waals surface area contributed by atoms with E-state index in [2.05, 4.69) is 12.2 Å². The van der Waals surface area contributed by atoms with Gasteiger partial charge in [-0.1, -0.05) is 26.2 Å². The highest BCUT2D eigenvalue weighted by Crippen LogP contribution is 2.28. The molecule has 1 aromatic rings. The van der Waals surface area contributed by atoms with E-state index >= 15 is 0 Å². The number of amides is 1. The molecule has 1 saturated carbocycles. The molecule has 2 atom stereocenters. The van der Waals surface area contributed by atoms with Gasteiger partial charge in [0.2, 0.25) is 0 Å². The zero-order chi connectivity index (χ0) is 13.8. The number of nitrogen functional groups attached to an aromatic ring is 1. The van der Waals surface area contributed by atoms with Crippen molar-refractivity contribution >= 4 is 17.3 Å². The number of primary amides is 1. The first-order chi connectivity index (χ1) is 9.08. The summed E-state index contributed by atoms with van der Waals surface area (Å²) in [5.74, 6) is 0.178. The number of carbonyl (C=O) groups is 1. The molecule has 5 N–H and O–H groups in total. The van der Waals surface area contributed by atoms with Crippen LogP contribution in [0.25, 0.3) is 0 Å². The number of rotatable bonds is 3. The Bertz CT molecular complexity index is 459. The number of anilines is 2. The normalized spacial score (nSPS) is 23.6. The average Bonchev–Trinajstić information content (AvgIpc) is 2.57. The third-order valence-corrected chi connectivity index (χ3v) is 4.01. The lowest BCUT2D eigenvalue weighted by Gasteiger charge is -2.25. The summed E-state index contributed by atoms with van der Waals surface area (Å²) in [7, 11) is 0. The number of hydrogen-bond acceptors (Lipinski definition) is 3. The van der Waals surface area contributed by atoms with Crippen LogP contribution in [0.5, 0.6) is 0 Å². The Kier molecular flexibility index (Phi) is 4.30. The van der Waals surface area contributed by atoms with Crippen LogP contribution in [0.15, 0.2) is 18.2 Å². The van der Waals surface area contributed by atoms with Crippen molar-refractivity contribution in [1.29, 1.82) is 0 Å². The van der Waals surface area contributed by atoms with Crippen molar-refractivity contribution in [1.82, 2.24) is 0 Å². The fourth-order valence-corrected chi connectivity index (χ4v) is 2.80. The molecule has 0 aliphatic heterocycles. The summed E-state index contributed by atoms with van der Waals surface area (Å²) in [5, 5.41) is 3.49. The van der Waals surface area contributed by atoms with Crippen LogP contribution in [0.4, 0.5) is 11.4 Å². The number of carbonyl (C=O) groups excluding carboxylic acids is 1. The Morgan fingerprint density at radius 3 is 2.74 bits per heavy atom. The highest BCUT2D eigenvalue weighted by Gasteiger charge is 2.21. The second-order valence-electron chi connectivity index (χ2n) is 5.54. The zero-order valence-electron chi connectivity index (χ0n) is 11.5. The molecule has 4 nitrogen and oxygen atoms in total. The molecular formula is C15H23N3O. The first-order valence-electron chi connectivity index (χ1n) is 7.04. The van der Waals surface area contributed by atoms with E-state index in [1.54, 1.807) is 12.1 Å². The monoisotopic (exact) mass is 261 g/mol. The van der Waals surface area contributed by atoms with E-state index in [1.807, 2.05) is 6.07 Å². The van der Waals surface area contributed by atoms with Crippen molar-refractivity contribution in [3.8, 4) is 0 Å². The molecule has 2 unspecified atom stereocenters. The number of nitrogens with two attached hydrogens (primary N) is 2. The van der Waals surface area contributed by atoms with E-state index in [-0.39, 0.29) is 0 Å². The number of benzene rings is 1. The second kappa shape index (κ2) is 5.95. The SMILES string of the molecule is CC1CCCCCC1Nc1ccc(N)cc1C(N)=O. The Hall–Kier alpha value is -1.71. The van der Waals surface area contributed by atoms with Gasteiger partial charge in [0, 0.05) is 17.4 Å². The minimum atomic E-state index is -0.434. The highest BCUT2D eigenvalue weighted by atomic mass is 16.1. The molecule has 0 bridgehead atoms. The number of hydrogen-bond donors (Lipinski definition) is 3. The molecule has 1 aliphatic rings. The van der Waals surface area contributed by atoms with Crippen molar-refractivity contribution in [2.45, 2.75) is 45.1 Å². The summed E-state index contributed by atoms with van der Waals surface area (Å²) in [5.41, 5.74) is 13.0. The molecule has 4 heteroatoms. The Morgan fingerprint density at radius 1 is 1.26 bits per heavy atom. The van der Waals surface area contributed by atoms with Crippen molar-refractivity contribution in [3.63, 3.8) is 0 Å². The second-order valence-corrected chi connectivity index (χ2v) is 5.54. The van der Waals surface area contributed by atoms with Gasteiger partial charge < -0.3 is 16.8 Å². The zero-order valence-corrected chi connectivity index (χ0v) is 11.5. The Balaban J connectivity index is 2.19. The fraction of sp³-hybridized carbons (Fsp3) is 0.533. The Labute approximate surface area is 114 Å². The molecule has 0 radical (unpaired) electrons. The third kappa shape index (κ3) is 3.40. The van der Waals surface area contributed by atoms with Crippen LogP contribution < -0.4 is 16.8 Å². The molecular weight excluding hydrogens is 238 g/mol. The molecule has 0 spiro atoms. The summed E-state index contributed by atoms with van der Waals surface area (Å²) in [4.78, 5) is 11.5. The predicted molar refractivity (Wildman–Crippen MR) is 79.0 cm³/mol. The van der Waals surface area contributed by atoms with Gasteiger partial charge in [0.1, 0.15) is 0 Å². The van der Waals surface area contributed by atoms with Crippen molar-refractivity contribution in [2.75, 3.05) is 11.1 Å². The summed E-state index contributed by atoms with van der Waals surface area (Å²) >= 11 is 0. The van der Waals surface area contributed by atoms with Crippen LogP contribution in [-0.2, 0) is 0 Å². The highest BCUT2D eigenvalue weighted by molar-refractivity contribution is 5.99.